The molecule has 1 aliphatic carbocycles. The first-order valence-electron chi connectivity index (χ1n) is 5.55. The third-order valence-electron chi connectivity index (χ3n) is 2.71. The molecule has 1 rings (SSSR count). The summed E-state index contributed by atoms with van der Waals surface area (Å²) in [7, 11) is 0. The van der Waals surface area contributed by atoms with Gasteiger partial charge in [0.15, 0.2) is 0 Å². The van der Waals surface area contributed by atoms with Crippen LogP contribution in [-0.4, -0.2) is 13.2 Å². The van der Waals surface area contributed by atoms with E-state index in [1.54, 1.807) is 5.57 Å². The Hall–Kier alpha value is -0.560. The number of rotatable bonds is 4. The number of allylic oxidation sites excluding steroid dienone is 3. The lowest BCUT2D eigenvalue weighted by Gasteiger charge is -2.19. The first-order valence-corrected chi connectivity index (χ1v) is 5.55. The Bertz CT molecular complexity index is 221. The molecular weight excluding hydrogens is 172 g/mol. The van der Waals surface area contributed by atoms with E-state index < -0.39 is 0 Å². The van der Waals surface area contributed by atoms with E-state index in [4.69, 9.17) is 4.74 Å². The van der Waals surface area contributed by atoms with Crippen molar-refractivity contribution in [3.8, 4) is 0 Å². The molecule has 0 aromatic rings. The molecule has 0 saturated carbocycles. The predicted molar refractivity (Wildman–Crippen MR) is 61.3 cm³/mol. The first kappa shape index (κ1) is 11.5. The molecule has 0 amide bonds. The lowest BCUT2D eigenvalue weighted by Crippen LogP contribution is -2.12. The molecular formula is C13H22O. The van der Waals surface area contributed by atoms with Crippen molar-refractivity contribution in [2.75, 3.05) is 13.2 Å². The van der Waals surface area contributed by atoms with Crippen molar-refractivity contribution in [1.29, 1.82) is 0 Å². The quantitative estimate of drug-likeness (QED) is 0.489. The Kier molecular flexibility index (Phi) is 4.95. The van der Waals surface area contributed by atoms with E-state index in [2.05, 4.69) is 32.9 Å². The summed E-state index contributed by atoms with van der Waals surface area (Å²) in [5.74, 6) is 0.754. The normalized spacial score (nSPS) is 21.6. The van der Waals surface area contributed by atoms with Gasteiger partial charge in [0.1, 0.15) is 0 Å². The van der Waals surface area contributed by atoms with Gasteiger partial charge in [-0.15, -0.1) is 0 Å². The van der Waals surface area contributed by atoms with Crippen molar-refractivity contribution in [2.45, 2.75) is 40.0 Å². The summed E-state index contributed by atoms with van der Waals surface area (Å²) in [6, 6.07) is 0. The van der Waals surface area contributed by atoms with E-state index >= 15 is 0 Å². The molecule has 0 spiro atoms. The van der Waals surface area contributed by atoms with Gasteiger partial charge >= 0.3 is 0 Å². The van der Waals surface area contributed by atoms with Crippen LogP contribution in [0.15, 0.2) is 23.3 Å². The summed E-state index contributed by atoms with van der Waals surface area (Å²) in [5.41, 5.74) is 2.88. The molecule has 0 N–H and O–H groups in total. The second-order valence-corrected chi connectivity index (χ2v) is 4.51. The second-order valence-electron chi connectivity index (χ2n) is 4.51. The summed E-state index contributed by atoms with van der Waals surface area (Å²) < 4.78 is 5.61. The van der Waals surface area contributed by atoms with Gasteiger partial charge in [-0.3, -0.25) is 0 Å². The third kappa shape index (κ3) is 4.61. The van der Waals surface area contributed by atoms with Crippen LogP contribution in [0.1, 0.15) is 40.0 Å². The fourth-order valence-corrected chi connectivity index (χ4v) is 1.63. The Labute approximate surface area is 87.8 Å². The Morgan fingerprint density at radius 2 is 2.36 bits per heavy atom. The summed E-state index contributed by atoms with van der Waals surface area (Å²) in [6.07, 6.45) is 8.27. The van der Waals surface area contributed by atoms with Crippen LogP contribution in [0.5, 0.6) is 0 Å². The van der Waals surface area contributed by atoms with E-state index in [1.807, 2.05) is 0 Å². The van der Waals surface area contributed by atoms with E-state index in [1.165, 1.54) is 24.8 Å². The van der Waals surface area contributed by atoms with Crippen LogP contribution in [-0.2, 0) is 4.74 Å². The molecule has 1 nitrogen and oxygen atoms in total. The van der Waals surface area contributed by atoms with Crippen LogP contribution >= 0.6 is 0 Å². The number of hydrogen-bond acceptors (Lipinski definition) is 1. The monoisotopic (exact) mass is 194 g/mol. The molecule has 0 heterocycles. The molecule has 0 aliphatic heterocycles. The Morgan fingerprint density at radius 1 is 1.57 bits per heavy atom. The smallest absolute Gasteiger partial charge is 0.0649 e. The molecule has 0 radical (unpaired) electrons. The summed E-state index contributed by atoms with van der Waals surface area (Å²) in [5, 5.41) is 0. The minimum atomic E-state index is 0.754. The second kappa shape index (κ2) is 6.02. The fraction of sp³-hybridized carbons (Fsp3) is 0.692. The van der Waals surface area contributed by atoms with Crippen LogP contribution in [0.4, 0.5) is 0 Å². The van der Waals surface area contributed by atoms with Crippen molar-refractivity contribution in [3.05, 3.63) is 23.3 Å². The van der Waals surface area contributed by atoms with Gasteiger partial charge in [0, 0.05) is 0 Å². The van der Waals surface area contributed by atoms with Gasteiger partial charge in [-0.2, -0.15) is 0 Å². The summed E-state index contributed by atoms with van der Waals surface area (Å²) >= 11 is 0. The minimum Gasteiger partial charge on any atom is -0.377 e. The fourth-order valence-electron chi connectivity index (χ4n) is 1.63. The van der Waals surface area contributed by atoms with Crippen LogP contribution in [0.25, 0.3) is 0 Å². The van der Waals surface area contributed by atoms with E-state index in [0.717, 1.165) is 19.1 Å². The molecule has 0 aromatic carbocycles. The van der Waals surface area contributed by atoms with Crippen LogP contribution in [0.2, 0.25) is 0 Å². The maximum Gasteiger partial charge on any atom is 0.0649 e. The SMILES string of the molecule is CC(C)=CCOCC1CC=C(C)CC1. The van der Waals surface area contributed by atoms with Crippen molar-refractivity contribution in [1.82, 2.24) is 0 Å². The molecule has 80 valence electrons. The van der Waals surface area contributed by atoms with Crippen LogP contribution in [0.3, 0.4) is 0 Å². The maximum atomic E-state index is 5.61. The average Bonchev–Trinajstić information content (AvgIpc) is 2.15. The van der Waals surface area contributed by atoms with Gasteiger partial charge in [-0.25, -0.2) is 0 Å². The van der Waals surface area contributed by atoms with Crippen molar-refractivity contribution in [3.63, 3.8) is 0 Å². The standard InChI is InChI=1S/C13H22O/c1-11(2)8-9-14-10-13-6-4-12(3)5-7-13/h4,8,13H,5-7,9-10H2,1-3H3. The lowest BCUT2D eigenvalue weighted by molar-refractivity contribution is 0.118. The molecule has 1 aliphatic rings. The van der Waals surface area contributed by atoms with Gasteiger partial charge in [0.2, 0.25) is 0 Å². The zero-order valence-electron chi connectivity index (χ0n) is 9.68. The molecule has 0 bridgehead atoms. The van der Waals surface area contributed by atoms with Gasteiger partial charge in [-0.05, 0) is 46.0 Å². The van der Waals surface area contributed by atoms with E-state index in [-0.39, 0.29) is 0 Å². The summed E-state index contributed by atoms with van der Waals surface area (Å²) in [6.45, 7) is 8.14. The summed E-state index contributed by atoms with van der Waals surface area (Å²) in [4.78, 5) is 0. The van der Waals surface area contributed by atoms with Crippen LogP contribution < -0.4 is 0 Å². The molecule has 1 heteroatoms. The zero-order chi connectivity index (χ0) is 10.4. The highest BCUT2D eigenvalue weighted by atomic mass is 16.5. The van der Waals surface area contributed by atoms with E-state index in [9.17, 15) is 0 Å². The highest BCUT2D eigenvalue weighted by Gasteiger charge is 2.11. The zero-order valence-corrected chi connectivity index (χ0v) is 9.68. The van der Waals surface area contributed by atoms with Gasteiger partial charge in [0.05, 0.1) is 13.2 Å². The first-order chi connectivity index (χ1) is 6.68. The van der Waals surface area contributed by atoms with E-state index in [0.29, 0.717) is 0 Å². The van der Waals surface area contributed by atoms with Gasteiger partial charge in [-0.1, -0.05) is 23.3 Å². The third-order valence-corrected chi connectivity index (χ3v) is 2.71. The Morgan fingerprint density at radius 3 is 2.93 bits per heavy atom. The largest absolute Gasteiger partial charge is 0.377 e. The molecule has 0 fully saturated rings. The number of hydrogen-bond donors (Lipinski definition) is 0. The molecule has 0 saturated heterocycles. The highest BCUT2D eigenvalue weighted by molar-refractivity contribution is 5.02. The molecule has 0 aromatic heterocycles. The van der Waals surface area contributed by atoms with Gasteiger partial charge in [0.25, 0.3) is 0 Å². The highest BCUT2D eigenvalue weighted by Crippen LogP contribution is 2.23. The minimum absolute atomic E-state index is 0.754. The predicted octanol–water partition coefficient (Wildman–Crippen LogP) is 3.72. The van der Waals surface area contributed by atoms with Crippen LogP contribution in [0, 0.1) is 5.92 Å². The molecule has 1 unspecified atom stereocenters. The average molecular weight is 194 g/mol. The van der Waals surface area contributed by atoms with Crippen molar-refractivity contribution >= 4 is 0 Å². The van der Waals surface area contributed by atoms with Crippen molar-refractivity contribution < 1.29 is 4.74 Å². The molecule has 1 atom stereocenters. The maximum absolute atomic E-state index is 5.61. The van der Waals surface area contributed by atoms with Crippen molar-refractivity contribution in [2.24, 2.45) is 5.92 Å². The Balaban J connectivity index is 2.11. The van der Waals surface area contributed by atoms with Gasteiger partial charge < -0.3 is 4.74 Å². The molecule has 14 heavy (non-hydrogen) atoms. The topological polar surface area (TPSA) is 9.23 Å². The number of ether oxygens (including phenoxy) is 1. The lowest BCUT2D eigenvalue weighted by atomic mass is 9.91.